The average molecular weight is 533 g/mol. The molecule has 0 unspecified atom stereocenters. The van der Waals surface area contributed by atoms with Gasteiger partial charge in [0.2, 0.25) is 5.91 Å². The highest BCUT2D eigenvalue weighted by Crippen LogP contribution is 2.24. The first-order valence-electron chi connectivity index (χ1n) is 9.29. The highest BCUT2D eigenvalue weighted by Gasteiger charge is 2.35. The van der Waals surface area contributed by atoms with Gasteiger partial charge in [0.25, 0.3) is 0 Å². The molecule has 0 saturated carbocycles. The van der Waals surface area contributed by atoms with E-state index in [1.807, 2.05) is 24.3 Å². The van der Waals surface area contributed by atoms with E-state index in [1.165, 1.54) is 14.2 Å². The van der Waals surface area contributed by atoms with Gasteiger partial charge in [-0.15, -0.1) is 0 Å². The number of amides is 3. The summed E-state index contributed by atoms with van der Waals surface area (Å²) in [5.74, 6) is -0.432. The molecule has 0 fully saturated rings. The quantitative estimate of drug-likeness (QED) is 0.411. The molecule has 0 radical (unpaired) electrons. The Morgan fingerprint density at radius 1 is 1.06 bits per heavy atom. The molecule has 0 bridgehead atoms. The second-order valence-corrected chi connectivity index (χ2v) is 8.77. The highest BCUT2D eigenvalue weighted by atomic mass is 79.9. The zero-order chi connectivity index (χ0) is 23.0. The molecule has 7 nitrogen and oxygen atoms in total. The lowest BCUT2D eigenvalue weighted by Gasteiger charge is -2.30. The van der Waals surface area contributed by atoms with Crippen LogP contribution in [0.25, 0.3) is 0 Å². The monoisotopic (exact) mass is 531 g/mol. The summed E-state index contributed by atoms with van der Waals surface area (Å²) < 4.78 is 11.0. The van der Waals surface area contributed by atoms with Gasteiger partial charge in [-0.05, 0) is 42.8 Å². The molecule has 2 rings (SSSR count). The number of hydrogen-bond donors (Lipinski definition) is 3. The number of carbonyl (C=O) groups excluding carboxylic acids is 2. The van der Waals surface area contributed by atoms with Crippen LogP contribution >= 0.6 is 39.1 Å². The van der Waals surface area contributed by atoms with Gasteiger partial charge in [-0.25, -0.2) is 4.79 Å². The van der Waals surface area contributed by atoms with Gasteiger partial charge in [-0.3, -0.25) is 4.79 Å². The van der Waals surface area contributed by atoms with Crippen LogP contribution in [-0.4, -0.2) is 44.5 Å². The Morgan fingerprint density at radius 3 is 2.19 bits per heavy atom. The highest BCUT2D eigenvalue weighted by molar-refractivity contribution is 9.10. The van der Waals surface area contributed by atoms with E-state index < -0.39 is 23.8 Å². The standard InChI is InChI=1S/C21H24BrCl2N3O4/c1-21(11-13-4-6-14(22)7-5-13,27-20(29)25-12-18(30-2)31-3)19(28)26-17-9-15(23)8-16(24)10-17/h4-10,18H,11-12H2,1-3H3,(H,26,28)(H2,25,27,29)/t21-/m1/s1. The maximum atomic E-state index is 13.2. The molecular weight excluding hydrogens is 509 g/mol. The van der Waals surface area contributed by atoms with Crippen molar-refractivity contribution in [3.63, 3.8) is 0 Å². The van der Waals surface area contributed by atoms with E-state index in [0.29, 0.717) is 15.7 Å². The largest absolute Gasteiger partial charge is 0.354 e. The summed E-state index contributed by atoms with van der Waals surface area (Å²) in [6.07, 6.45) is -0.364. The molecule has 2 aromatic carbocycles. The molecule has 0 aliphatic heterocycles. The molecule has 2 aromatic rings. The number of nitrogens with one attached hydrogen (secondary N) is 3. The van der Waals surface area contributed by atoms with E-state index in [4.69, 9.17) is 32.7 Å². The first kappa shape index (κ1) is 25.4. The van der Waals surface area contributed by atoms with Crippen LogP contribution in [0.4, 0.5) is 10.5 Å². The lowest BCUT2D eigenvalue weighted by Crippen LogP contribution is -2.59. The SMILES string of the molecule is COC(CNC(=O)N[C@](C)(Cc1ccc(Br)cc1)C(=O)Nc1cc(Cl)cc(Cl)c1)OC. The van der Waals surface area contributed by atoms with Gasteiger partial charge in [-0.2, -0.15) is 0 Å². The van der Waals surface area contributed by atoms with E-state index >= 15 is 0 Å². The normalized spacial score (nSPS) is 12.9. The van der Waals surface area contributed by atoms with Crippen molar-refractivity contribution in [2.24, 2.45) is 0 Å². The number of carbonyl (C=O) groups is 2. The van der Waals surface area contributed by atoms with Crippen LogP contribution in [0, 0.1) is 0 Å². The molecule has 0 aromatic heterocycles. The first-order chi connectivity index (χ1) is 14.6. The van der Waals surface area contributed by atoms with Crippen molar-refractivity contribution < 1.29 is 19.1 Å². The maximum Gasteiger partial charge on any atom is 0.315 e. The van der Waals surface area contributed by atoms with Gasteiger partial charge < -0.3 is 25.4 Å². The predicted molar refractivity (Wildman–Crippen MR) is 126 cm³/mol. The summed E-state index contributed by atoms with van der Waals surface area (Å²) >= 11 is 15.5. The van der Waals surface area contributed by atoms with Crippen molar-refractivity contribution >= 4 is 56.8 Å². The average Bonchev–Trinajstić information content (AvgIpc) is 2.69. The summed E-state index contributed by atoms with van der Waals surface area (Å²) in [4.78, 5) is 25.8. The van der Waals surface area contributed by atoms with Gasteiger partial charge in [0.15, 0.2) is 6.29 Å². The number of ether oxygens (including phenoxy) is 2. The molecule has 0 heterocycles. The molecule has 0 saturated heterocycles. The number of rotatable bonds is 9. The molecule has 0 aliphatic carbocycles. The number of anilines is 1. The third-order valence-electron chi connectivity index (χ3n) is 4.44. The third kappa shape index (κ3) is 7.97. The Balaban J connectivity index is 2.22. The molecule has 168 valence electrons. The van der Waals surface area contributed by atoms with E-state index in [2.05, 4.69) is 31.9 Å². The van der Waals surface area contributed by atoms with Crippen molar-refractivity contribution in [3.8, 4) is 0 Å². The Morgan fingerprint density at radius 2 is 1.65 bits per heavy atom. The second-order valence-electron chi connectivity index (χ2n) is 6.98. The lowest BCUT2D eigenvalue weighted by molar-refractivity contribution is -0.121. The van der Waals surface area contributed by atoms with Crippen LogP contribution in [0.2, 0.25) is 10.0 Å². The fraction of sp³-hybridized carbons (Fsp3) is 0.333. The van der Waals surface area contributed by atoms with Crippen LogP contribution in [0.5, 0.6) is 0 Å². The van der Waals surface area contributed by atoms with Crippen molar-refractivity contribution in [1.82, 2.24) is 10.6 Å². The van der Waals surface area contributed by atoms with Crippen molar-refractivity contribution in [2.75, 3.05) is 26.1 Å². The smallest absolute Gasteiger partial charge is 0.315 e. The molecule has 10 heteroatoms. The van der Waals surface area contributed by atoms with E-state index in [9.17, 15) is 9.59 Å². The van der Waals surface area contributed by atoms with Crippen molar-refractivity contribution in [3.05, 3.63) is 62.5 Å². The Labute approximate surface area is 199 Å². The van der Waals surface area contributed by atoms with E-state index in [0.717, 1.165) is 10.0 Å². The lowest BCUT2D eigenvalue weighted by atomic mass is 9.91. The van der Waals surface area contributed by atoms with E-state index in [-0.39, 0.29) is 13.0 Å². The molecule has 31 heavy (non-hydrogen) atoms. The summed E-state index contributed by atoms with van der Waals surface area (Å²) in [7, 11) is 2.93. The minimum absolute atomic E-state index is 0.110. The van der Waals surface area contributed by atoms with Crippen LogP contribution in [0.15, 0.2) is 46.9 Å². The van der Waals surface area contributed by atoms with Crippen LogP contribution in [0.3, 0.4) is 0 Å². The molecule has 3 N–H and O–H groups in total. The van der Waals surface area contributed by atoms with Gasteiger partial charge in [0, 0.05) is 40.8 Å². The molecule has 3 amide bonds. The van der Waals surface area contributed by atoms with E-state index in [1.54, 1.807) is 25.1 Å². The van der Waals surface area contributed by atoms with Gasteiger partial charge >= 0.3 is 6.03 Å². The second kappa shape index (κ2) is 11.7. The molecule has 1 atom stereocenters. The van der Waals surface area contributed by atoms with Gasteiger partial charge in [0.1, 0.15) is 5.54 Å². The first-order valence-corrected chi connectivity index (χ1v) is 10.8. The zero-order valence-electron chi connectivity index (χ0n) is 17.3. The maximum absolute atomic E-state index is 13.2. The summed E-state index contributed by atoms with van der Waals surface area (Å²) in [5.41, 5.74) is -0.00924. The Kier molecular flexibility index (Phi) is 9.58. The molecule has 0 spiro atoms. The number of halogens is 3. The number of urea groups is 1. The Bertz CT molecular complexity index is 890. The zero-order valence-corrected chi connectivity index (χ0v) is 20.4. The summed E-state index contributed by atoms with van der Waals surface area (Å²) in [6, 6.07) is 11.7. The Hall–Kier alpha value is -1.84. The van der Waals surface area contributed by atoms with Gasteiger partial charge in [-0.1, -0.05) is 51.3 Å². The summed E-state index contributed by atoms with van der Waals surface area (Å²) in [6.45, 7) is 1.75. The number of methoxy groups -OCH3 is 2. The number of benzene rings is 2. The fourth-order valence-electron chi connectivity index (χ4n) is 2.82. The van der Waals surface area contributed by atoms with Crippen LogP contribution < -0.4 is 16.0 Å². The molecular formula is C21H24BrCl2N3O4. The van der Waals surface area contributed by atoms with Gasteiger partial charge in [0.05, 0.1) is 6.54 Å². The number of hydrogen-bond acceptors (Lipinski definition) is 4. The fourth-order valence-corrected chi connectivity index (χ4v) is 3.61. The third-order valence-corrected chi connectivity index (χ3v) is 5.40. The van der Waals surface area contributed by atoms with Crippen LogP contribution in [-0.2, 0) is 20.7 Å². The van der Waals surface area contributed by atoms with Crippen LogP contribution in [0.1, 0.15) is 12.5 Å². The summed E-state index contributed by atoms with van der Waals surface area (Å²) in [5, 5.41) is 8.95. The van der Waals surface area contributed by atoms with Crippen molar-refractivity contribution in [2.45, 2.75) is 25.2 Å². The predicted octanol–water partition coefficient (Wildman–Crippen LogP) is 4.61. The minimum Gasteiger partial charge on any atom is -0.354 e. The molecule has 0 aliphatic rings. The van der Waals surface area contributed by atoms with Crippen molar-refractivity contribution in [1.29, 1.82) is 0 Å². The minimum atomic E-state index is -1.29. The topological polar surface area (TPSA) is 88.7 Å².